The van der Waals surface area contributed by atoms with Gasteiger partial charge in [-0.2, -0.15) is 0 Å². The second kappa shape index (κ2) is 10.9. The number of alkyl carbamates (subject to hydrolysis) is 1. The van der Waals surface area contributed by atoms with Crippen LogP contribution in [0.4, 0.5) is 4.79 Å². The molecule has 2 fully saturated rings. The number of amides is 3. The molecule has 3 amide bonds. The van der Waals surface area contributed by atoms with Crippen LogP contribution >= 0.6 is 0 Å². The molecule has 2 aliphatic rings. The van der Waals surface area contributed by atoms with E-state index in [4.69, 9.17) is 29.7 Å². The van der Waals surface area contributed by atoms with Crippen LogP contribution in [0, 0.1) is 6.92 Å². The maximum Gasteiger partial charge on any atom is 0.408 e. The molecule has 0 bridgehead atoms. The molecule has 1 aliphatic heterocycles. The average Bonchev–Trinajstić information content (AvgIpc) is 3.24. The highest BCUT2D eigenvalue weighted by molar-refractivity contribution is 5.91. The average molecular weight is 529 g/mol. The van der Waals surface area contributed by atoms with Crippen molar-refractivity contribution in [3.8, 4) is 17.4 Å². The number of primary amides is 1. The molecule has 0 radical (unpaired) electrons. The lowest BCUT2D eigenvalue weighted by Gasteiger charge is -2.26. The molecule has 3 N–H and O–H groups in total. The molecule has 2 atom stereocenters. The molecule has 1 saturated heterocycles. The predicted octanol–water partition coefficient (Wildman–Crippen LogP) is 2.84. The van der Waals surface area contributed by atoms with Gasteiger partial charge in [0.2, 0.25) is 17.7 Å². The number of aryl methyl sites for hydroxylation is 1. The van der Waals surface area contributed by atoms with Crippen molar-refractivity contribution in [2.45, 2.75) is 77.2 Å². The topological polar surface area (TPSA) is 142 Å². The van der Waals surface area contributed by atoms with Crippen molar-refractivity contribution in [3.63, 3.8) is 0 Å². The molecule has 1 aromatic heterocycles. The molecule has 2 heterocycles. The quantitative estimate of drug-likeness (QED) is 0.533. The third kappa shape index (κ3) is 6.20. The fourth-order valence-corrected chi connectivity index (χ4v) is 4.57. The highest BCUT2D eigenvalue weighted by Crippen LogP contribution is 2.37. The standard InChI is InChI=1S/C27H36N4O7/c1-15-20(35-5)10-9-18-21(12-22(30-24(15)18)37-16-7-6-8-16)36-17-11-19(25(28)33)31(14-17)23(32)13-29-26(34)38-27(2,3)4/h9-10,12,16-17,19H,6-8,11,13-14H2,1-5H3,(H2,28,33)(H,29,34)/t17-,19?/m1/s1. The number of likely N-dealkylation sites (tertiary alicyclic amines) is 1. The Morgan fingerprint density at radius 2 is 1.87 bits per heavy atom. The van der Waals surface area contributed by atoms with Gasteiger partial charge in [-0.25, -0.2) is 9.78 Å². The van der Waals surface area contributed by atoms with Gasteiger partial charge >= 0.3 is 6.09 Å². The molecule has 1 unspecified atom stereocenters. The number of nitrogens with zero attached hydrogens (tertiary/aromatic N) is 2. The van der Waals surface area contributed by atoms with Crippen molar-refractivity contribution in [1.82, 2.24) is 15.2 Å². The summed E-state index contributed by atoms with van der Waals surface area (Å²) in [7, 11) is 1.60. The monoisotopic (exact) mass is 528 g/mol. The van der Waals surface area contributed by atoms with Crippen molar-refractivity contribution in [2.24, 2.45) is 5.73 Å². The molecule has 4 rings (SSSR count). The minimum absolute atomic E-state index is 0.120. The minimum Gasteiger partial charge on any atom is -0.496 e. The number of methoxy groups -OCH3 is 1. The molecular weight excluding hydrogens is 492 g/mol. The Balaban J connectivity index is 1.54. The number of rotatable bonds is 8. The van der Waals surface area contributed by atoms with Crippen molar-refractivity contribution in [2.75, 3.05) is 20.2 Å². The number of carbonyl (C=O) groups excluding carboxylic acids is 3. The Bertz CT molecular complexity index is 1220. The number of fused-ring (bicyclic) bond motifs is 1. The Morgan fingerprint density at radius 1 is 1.13 bits per heavy atom. The zero-order valence-electron chi connectivity index (χ0n) is 22.5. The molecule has 0 spiro atoms. The predicted molar refractivity (Wildman–Crippen MR) is 139 cm³/mol. The molecule has 2 aromatic rings. The van der Waals surface area contributed by atoms with E-state index in [1.165, 1.54) is 4.90 Å². The molecule has 1 aromatic carbocycles. The molecule has 38 heavy (non-hydrogen) atoms. The SMILES string of the molecule is COc1ccc2c(O[C@@H]3CC(C(N)=O)N(C(=O)CNC(=O)OC(C)(C)C)C3)cc(OC3CCC3)nc2c1C. The van der Waals surface area contributed by atoms with Crippen LogP contribution in [0.25, 0.3) is 10.9 Å². The van der Waals surface area contributed by atoms with Crippen LogP contribution in [0.3, 0.4) is 0 Å². The van der Waals surface area contributed by atoms with Gasteiger partial charge in [-0.1, -0.05) is 0 Å². The lowest BCUT2D eigenvalue weighted by atomic mass is 9.96. The fourth-order valence-electron chi connectivity index (χ4n) is 4.57. The normalized spacial score (nSPS) is 19.6. The molecule has 206 valence electrons. The Hall–Kier alpha value is -3.76. The molecule has 1 saturated carbocycles. The first-order valence-electron chi connectivity index (χ1n) is 12.8. The van der Waals surface area contributed by atoms with E-state index in [0.29, 0.717) is 22.9 Å². The number of hydrogen-bond donors (Lipinski definition) is 2. The highest BCUT2D eigenvalue weighted by atomic mass is 16.6. The first-order valence-corrected chi connectivity index (χ1v) is 12.8. The van der Waals surface area contributed by atoms with Gasteiger partial charge in [-0.15, -0.1) is 0 Å². The zero-order valence-corrected chi connectivity index (χ0v) is 22.5. The second-order valence-electron chi connectivity index (χ2n) is 10.7. The van der Waals surface area contributed by atoms with E-state index in [2.05, 4.69) is 5.32 Å². The maximum absolute atomic E-state index is 12.9. The van der Waals surface area contributed by atoms with Crippen molar-refractivity contribution in [3.05, 3.63) is 23.8 Å². The number of aromatic nitrogens is 1. The van der Waals surface area contributed by atoms with E-state index in [-0.39, 0.29) is 25.6 Å². The fraction of sp³-hybridized carbons (Fsp3) is 0.556. The Kier molecular flexibility index (Phi) is 7.84. The van der Waals surface area contributed by atoms with Crippen molar-refractivity contribution in [1.29, 1.82) is 0 Å². The van der Waals surface area contributed by atoms with E-state index in [9.17, 15) is 14.4 Å². The Labute approximate surface area is 221 Å². The van der Waals surface area contributed by atoms with Crippen LogP contribution in [0.5, 0.6) is 17.4 Å². The van der Waals surface area contributed by atoms with Crippen LogP contribution in [0.2, 0.25) is 0 Å². The number of carbonyl (C=O) groups is 3. The summed E-state index contributed by atoms with van der Waals surface area (Å²) in [5, 5.41) is 3.20. The Morgan fingerprint density at radius 3 is 2.47 bits per heavy atom. The van der Waals surface area contributed by atoms with E-state index < -0.39 is 35.7 Å². The van der Waals surface area contributed by atoms with Crippen LogP contribution in [0.15, 0.2) is 18.2 Å². The first-order chi connectivity index (χ1) is 17.9. The van der Waals surface area contributed by atoms with Gasteiger partial charge in [0.25, 0.3) is 0 Å². The summed E-state index contributed by atoms with van der Waals surface area (Å²) >= 11 is 0. The van der Waals surface area contributed by atoms with E-state index in [1.54, 1.807) is 33.9 Å². The lowest BCUT2D eigenvalue weighted by molar-refractivity contribution is -0.136. The molecule has 1 aliphatic carbocycles. The summed E-state index contributed by atoms with van der Waals surface area (Å²) in [6.45, 7) is 6.89. The van der Waals surface area contributed by atoms with E-state index in [1.807, 2.05) is 19.1 Å². The third-order valence-corrected chi connectivity index (χ3v) is 6.67. The summed E-state index contributed by atoms with van der Waals surface area (Å²) in [6, 6.07) is 4.59. The van der Waals surface area contributed by atoms with Gasteiger partial charge in [0.1, 0.15) is 41.9 Å². The maximum atomic E-state index is 12.9. The number of nitrogens with one attached hydrogen (secondary N) is 1. The molecule has 11 heteroatoms. The van der Waals surface area contributed by atoms with Crippen LogP contribution in [-0.4, -0.2) is 71.8 Å². The van der Waals surface area contributed by atoms with Crippen LogP contribution < -0.4 is 25.3 Å². The lowest BCUT2D eigenvalue weighted by Crippen LogP contribution is -2.48. The largest absolute Gasteiger partial charge is 0.496 e. The zero-order chi connectivity index (χ0) is 27.6. The van der Waals surface area contributed by atoms with Gasteiger partial charge < -0.3 is 34.9 Å². The highest BCUT2D eigenvalue weighted by Gasteiger charge is 2.40. The van der Waals surface area contributed by atoms with Gasteiger partial charge in [-0.05, 0) is 59.1 Å². The van der Waals surface area contributed by atoms with E-state index >= 15 is 0 Å². The molecular formula is C27H36N4O7. The number of pyridine rings is 1. The van der Waals surface area contributed by atoms with Crippen LogP contribution in [-0.2, 0) is 14.3 Å². The smallest absolute Gasteiger partial charge is 0.408 e. The minimum atomic E-state index is -0.867. The van der Waals surface area contributed by atoms with E-state index in [0.717, 1.165) is 30.2 Å². The molecule has 11 nitrogen and oxygen atoms in total. The van der Waals surface area contributed by atoms with Gasteiger partial charge in [-0.3, -0.25) is 9.59 Å². The number of ether oxygens (including phenoxy) is 4. The van der Waals surface area contributed by atoms with Gasteiger partial charge in [0.05, 0.1) is 19.2 Å². The van der Waals surface area contributed by atoms with Crippen LogP contribution in [0.1, 0.15) is 52.0 Å². The second-order valence-corrected chi connectivity index (χ2v) is 10.7. The summed E-state index contributed by atoms with van der Waals surface area (Å²) in [4.78, 5) is 43.2. The summed E-state index contributed by atoms with van der Waals surface area (Å²) in [6.07, 6.45) is 2.18. The summed E-state index contributed by atoms with van der Waals surface area (Å²) in [5.74, 6) is 0.577. The number of benzene rings is 1. The summed E-state index contributed by atoms with van der Waals surface area (Å²) in [5.41, 5.74) is 6.45. The first kappa shape index (κ1) is 27.3. The summed E-state index contributed by atoms with van der Waals surface area (Å²) < 4.78 is 23.1. The van der Waals surface area contributed by atoms with Crippen molar-refractivity contribution < 1.29 is 33.3 Å². The van der Waals surface area contributed by atoms with Crippen molar-refractivity contribution >= 4 is 28.8 Å². The number of nitrogens with two attached hydrogens (primary N) is 1. The van der Waals surface area contributed by atoms with Gasteiger partial charge in [0.15, 0.2) is 0 Å². The third-order valence-electron chi connectivity index (χ3n) is 6.67. The number of hydrogen-bond acceptors (Lipinski definition) is 8. The van der Waals surface area contributed by atoms with Gasteiger partial charge in [0, 0.05) is 23.4 Å².